The Kier molecular flexibility index (Phi) is 6.17. The normalized spacial score (nSPS) is 10.9. The fourth-order valence-corrected chi connectivity index (χ4v) is 3.52. The molecule has 32 heavy (non-hydrogen) atoms. The number of carbonyl (C=O) groups is 1. The van der Waals surface area contributed by atoms with E-state index in [4.69, 9.17) is 32.4 Å². The van der Waals surface area contributed by atoms with Crippen molar-refractivity contribution in [2.45, 2.75) is 6.92 Å². The van der Waals surface area contributed by atoms with Gasteiger partial charge in [-0.2, -0.15) is 0 Å². The molecule has 1 aromatic heterocycles. The lowest BCUT2D eigenvalue weighted by Crippen LogP contribution is -2.23. The van der Waals surface area contributed by atoms with Gasteiger partial charge in [-0.1, -0.05) is 47.5 Å². The first-order valence-corrected chi connectivity index (χ1v) is 10.3. The van der Waals surface area contributed by atoms with Crippen LogP contribution in [-0.2, 0) is 4.79 Å². The summed E-state index contributed by atoms with van der Waals surface area (Å²) in [5.74, 6) is -1.36. The minimum atomic E-state index is -0.651. The second-order valence-corrected chi connectivity index (χ2v) is 7.80. The lowest BCUT2D eigenvalue weighted by atomic mass is 10.1. The Balaban J connectivity index is 1.76. The molecule has 0 aliphatic rings. The zero-order chi connectivity index (χ0) is 22.8. The average molecular weight is 472 g/mol. The quantitative estimate of drug-likeness (QED) is 0.374. The number of amides is 1. The number of nitrogens with one attached hydrogen (secondary N) is 1. The Hall–Kier alpha value is -3.35. The lowest BCUT2D eigenvalue weighted by Gasteiger charge is -2.13. The maximum absolute atomic E-state index is 13.8. The summed E-state index contributed by atoms with van der Waals surface area (Å²) in [6, 6.07) is 15.6. The summed E-state index contributed by atoms with van der Waals surface area (Å²) in [7, 11) is 0. The molecule has 5 nitrogen and oxygen atoms in total. The molecular weight excluding hydrogens is 456 g/mol. The second kappa shape index (κ2) is 9.02. The van der Waals surface area contributed by atoms with Gasteiger partial charge in [-0.3, -0.25) is 9.59 Å². The van der Waals surface area contributed by atoms with Gasteiger partial charge in [-0.15, -0.1) is 0 Å². The standard InChI is InChI=1S/C24H16Cl2FNO4/c1-13-10-20-15(11-17(13)26)22(30)24(23(32-20)14-6-2-3-7-16(14)25)31-12-21(29)28-19-9-5-4-8-18(19)27/h2-11H,12H2,1H3,(H,28,29). The highest BCUT2D eigenvalue weighted by Gasteiger charge is 2.21. The highest BCUT2D eigenvalue weighted by molar-refractivity contribution is 6.33. The SMILES string of the molecule is Cc1cc2oc(-c3ccccc3Cl)c(OCC(=O)Nc3ccccc3F)c(=O)c2cc1Cl. The van der Waals surface area contributed by atoms with Gasteiger partial charge in [-0.25, -0.2) is 4.39 Å². The summed E-state index contributed by atoms with van der Waals surface area (Å²) >= 11 is 12.5. The van der Waals surface area contributed by atoms with Crippen LogP contribution in [0.4, 0.5) is 10.1 Å². The van der Waals surface area contributed by atoms with Crippen LogP contribution in [0, 0.1) is 12.7 Å². The van der Waals surface area contributed by atoms with Crippen molar-refractivity contribution in [2.24, 2.45) is 0 Å². The van der Waals surface area contributed by atoms with E-state index in [2.05, 4.69) is 5.32 Å². The predicted molar refractivity (Wildman–Crippen MR) is 123 cm³/mol. The first-order valence-electron chi connectivity index (χ1n) is 9.54. The zero-order valence-electron chi connectivity index (χ0n) is 16.7. The first kappa shape index (κ1) is 21.9. The Bertz CT molecular complexity index is 1400. The lowest BCUT2D eigenvalue weighted by molar-refractivity contribution is -0.118. The molecule has 0 fully saturated rings. The molecule has 1 heterocycles. The van der Waals surface area contributed by atoms with E-state index in [1.807, 2.05) is 0 Å². The molecule has 3 aromatic carbocycles. The van der Waals surface area contributed by atoms with Gasteiger partial charge in [-0.05, 0) is 48.9 Å². The van der Waals surface area contributed by atoms with Crippen molar-refractivity contribution in [3.63, 3.8) is 0 Å². The third-order valence-corrected chi connectivity index (χ3v) is 5.48. The summed E-state index contributed by atoms with van der Waals surface area (Å²) in [6.07, 6.45) is 0. The monoisotopic (exact) mass is 471 g/mol. The molecule has 4 rings (SSSR count). The van der Waals surface area contributed by atoms with Crippen LogP contribution in [0.15, 0.2) is 69.9 Å². The number of hydrogen-bond acceptors (Lipinski definition) is 4. The molecule has 0 aliphatic heterocycles. The van der Waals surface area contributed by atoms with Crippen molar-refractivity contribution in [3.8, 4) is 17.1 Å². The van der Waals surface area contributed by atoms with Crippen molar-refractivity contribution in [1.82, 2.24) is 0 Å². The van der Waals surface area contributed by atoms with Crippen molar-refractivity contribution >= 4 is 45.8 Å². The molecule has 4 aromatic rings. The molecule has 1 amide bonds. The summed E-state index contributed by atoms with van der Waals surface area (Å²) in [4.78, 5) is 25.6. The highest BCUT2D eigenvalue weighted by atomic mass is 35.5. The van der Waals surface area contributed by atoms with Crippen LogP contribution in [0.3, 0.4) is 0 Å². The first-order chi connectivity index (χ1) is 15.3. The third kappa shape index (κ3) is 4.33. The van der Waals surface area contributed by atoms with E-state index in [9.17, 15) is 14.0 Å². The van der Waals surface area contributed by atoms with E-state index in [0.29, 0.717) is 21.2 Å². The smallest absolute Gasteiger partial charge is 0.262 e. The minimum absolute atomic E-state index is 0.000213. The van der Waals surface area contributed by atoms with Gasteiger partial charge >= 0.3 is 0 Å². The van der Waals surface area contributed by atoms with E-state index in [1.54, 1.807) is 43.3 Å². The molecule has 0 spiro atoms. The Morgan fingerprint density at radius 1 is 1.06 bits per heavy atom. The molecule has 0 aliphatic carbocycles. The number of rotatable bonds is 5. The molecule has 0 atom stereocenters. The minimum Gasteiger partial charge on any atom is -0.476 e. The van der Waals surface area contributed by atoms with Gasteiger partial charge in [0.1, 0.15) is 11.4 Å². The maximum atomic E-state index is 13.8. The number of hydrogen-bond donors (Lipinski definition) is 1. The Labute approximate surface area is 192 Å². The highest BCUT2D eigenvalue weighted by Crippen LogP contribution is 2.36. The summed E-state index contributed by atoms with van der Waals surface area (Å²) < 4.78 is 25.4. The fourth-order valence-electron chi connectivity index (χ4n) is 3.14. The van der Waals surface area contributed by atoms with E-state index in [0.717, 1.165) is 5.56 Å². The predicted octanol–water partition coefficient (Wildman–Crippen LogP) is 6.23. The van der Waals surface area contributed by atoms with Crippen LogP contribution in [0.5, 0.6) is 5.75 Å². The van der Waals surface area contributed by atoms with Crippen LogP contribution < -0.4 is 15.5 Å². The maximum Gasteiger partial charge on any atom is 0.262 e. The number of anilines is 1. The topological polar surface area (TPSA) is 68.5 Å². The Morgan fingerprint density at radius 2 is 1.78 bits per heavy atom. The number of carbonyl (C=O) groups excluding carboxylic acids is 1. The summed E-state index contributed by atoms with van der Waals surface area (Å²) in [5.41, 5.74) is 0.938. The van der Waals surface area contributed by atoms with Gasteiger partial charge in [0.25, 0.3) is 5.91 Å². The largest absolute Gasteiger partial charge is 0.476 e. The second-order valence-electron chi connectivity index (χ2n) is 6.98. The molecule has 162 valence electrons. The van der Waals surface area contributed by atoms with Crippen LogP contribution in [-0.4, -0.2) is 12.5 Å². The number of halogens is 3. The number of benzene rings is 3. The van der Waals surface area contributed by atoms with Crippen molar-refractivity contribution in [2.75, 3.05) is 11.9 Å². The van der Waals surface area contributed by atoms with Crippen molar-refractivity contribution in [1.29, 1.82) is 0 Å². The number of fused-ring (bicyclic) bond motifs is 1. The van der Waals surface area contributed by atoms with Crippen LogP contribution in [0.2, 0.25) is 10.0 Å². The van der Waals surface area contributed by atoms with E-state index < -0.39 is 23.8 Å². The number of aryl methyl sites for hydroxylation is 1. The molecule has 8 heteroatoms. The number of ether oxygens (including phenoxy) is 1. The summed E-state index contributed by atoms with van der Waals surface area (Å²) in [6.45, 7) is 1.23. The van der Waals surface area contributed by atoms with Crippen LogP contribution in [0.1, 0.15) is 5.56 Å². The molecule has 1 N–H and O–H groups in total. The van der Waals surface area contributed by atoms with E-state index in [1.165, 1.54) is 24.3 Å². The van der Waals surface area contributed by atoms with Gasteiger partial charge in [0.15, 0.2) is 12.4 Å². The van der Waals surface area contributed by atoms with Crippen LogP contribution >= 0.6 is 23.2 Å². The molecule has 0 saturated carbocycles. The van der Waals surface area contributed by atoms with Gasteiger partial charge < -0.3 is 14.5 Å². The molecular formula is C24H16Cl2FNO4. The summed E-state index contributed by atoms with van der Waals surface area (Å²) in [5, 5.41) is 3.32. The van der Waals surface area contributed by atoms with Gasteiger partial charge in [0.05, 0.1) is 16.1 Å². The van der Waals surface area contributed by atoms with E-state index >= 15 is 0 Å². The van der Waals surface area contributed by atoms with Crippen LogP contribution in [0.25, 0.3) is 22.3 Å². The van der Waals surface area contributed by atoms with Crippen molar-refractivity contribution in [3.05, 3.63) is 92.3 Å². The van der Waals surface area contributed by atoms with Crippen molar-refractivity contribution < 1.29 is 18.3 Å². The third-order valence-electron chi connectivity index (χ3n) is 4.74. The fraction of sp³-hybridized carbons (Fsp3) is 0.0833. The van der Waals surface area contributed by atoms with Gasteiger partial charge in [0.2, 0.25) is 11.2 Å². The zero-order valence-corrected chi connectivity index (χ0v) is 18.3. The molecule has 0 saturated heterocycles. The average Bonchev–Trinajstić information content (AvgIpc) is 2.76. The number of para-hydroxylation sites is 1. The Morgan fingerprint density at radius 3 is 2.53 bits per heavy atom. The van der Waals surface area contributed by atoms with E-state index in [-0.39, 0.29) is 22.6 Å². The molecule has 0 radical (unpaired) electrons. The molecule has 0 bridgehead atoms. The molecule has 0 unspecified atom stereocenters. The van der Waals surface area contributed by atoms with Gasteiger partial charge in [0, 0.05) is 10.6 Å².